The largest absolute Gasteiger partial charge is 0.234 e. The number of aromatic nitrogens is 4. The molecule has 0 spiro atoms. The lowest BCUT2D eigenvalue weighted by molar-refractivity contribution is 0.907. The Balaban J connectivity index is 2.16. The summed E-state index contributed by atoms with van der Waals surface area (Å²) >= 11 is 7.43. The zero-order chi connectivity index (χ0) is 11.8. The minimum Gasteiger partial charge on any atom is -0.183 e. The Bertz CT molecular complexity index is 656. The molecule has 2 heterocycles. The number of hydrogen-bond donors (Lipinski definition) is 0. The van der Waals surface area contributed by atoms with Crippen LogP contribution in [0.15, 0.2) is 24.3 Å². The molecule has 3 aromatic rings. The van der Waals surface area contributed by atoms with Crippen molar-refractivity contribution in [2.45, 2.75) is 13.3 Å². The topological polar surface area (TPSA) is 43.1 Å². The second-order valence-corrected chi connectivity index (χ2v) is 5.05. The van der Waals surface area contributed by atoms with Crippen molar-refractivity contribution in [2.75, 3.05) is 0 Å². The second-order valence-electron chi connectivity index (χ2n) is 3.57. The van der Waals surface area contributed by atoms with E-state index < -0.39 is 0 Å². The van der Waals surface area contributed by atoms with Crippen LogP contribution in [0.5, 0.6) is 0 Å². The van der Waals surface area contributed by atoms with Crippen molar-refractivity contribution in [3.05, 3.63) is 34.3 Å². The molecule has 0 atom stereocenters. The van der Waals surface area contributed by atoms with Crippen molar-refractivity contribution in [3.8, 4) is 11.4 Å². The van der Waals surface area contributed by atoms with Gasteiger partial charge in [-0.3, -0.25) is 0 Å². The Hall–Kier alpha value is -1.46. The molecule has 4 nitrogen and oxygen atoms in total. The number of fused-ring (bicyclic) bond motifs is 1. The summed E-state index contributed by atoms with van der Waals surface area (Å²) in [5.74, 6) is 0.757. The number of hydrogen-bond acceptors (Lipinski definition) is 4. The zero-order valence-electron chi connectivity index (χ0n) is 9.09. The first-order chi connectivity index (χ1) is 8.28. The Morgan fingerprint density at radius 1 is 1.24 bits per heavy atom. The van der Waals surface area contributed by atoms with E-state index in [0.29, 0.717) is 5.02 Å². The van der Waals surface area contributed by atoms with Crippen LogP contribution in [-0.2, 0) is 6.42 Å². The standard InChI is InChI=1S/C11H9ClN4S/c1-2-9-15-16-10(13-14-11(16)17-9)7-3-5-8(12)6-4-7/h3-6H,2H2,1H3. The smallest absolute Gasteiger partial charge is 0.183 e. The molecule has 0 amide bonds. The molecule has 0 saturated heterocycles. The van der Waals surface area contributed by atoms with Gasteiger partial charge in [0.15, 0.2) is 5.82 Å². The van der Waals surface area contributed by atoms with Gasteiger partial charge in [-0.25, -0.2) is 0 Å². The lowest BCUT2D eigenvalue weighted by Gasteiger charge is -1.96. The molecular formula is C11H9ClN4S. The van der Waals surface area contributed by atoms with Gasteiger partial charge in [-0.15, -0.1) is 10.2 Å². The van der Waals surface area contributed by atoms with Gasteiger partial charge in [0.05, 0.1) is 0 Å². The summed E-state index contributed by atoms with van der Waals surface area (Å²) in [6.45, 7) is 2.08. The highest BCUT2D eigenvalue weighted by Crippen LogP contribution is 2.22. The number of benzene rings is 1. The SMILES string of the molecule is CCc1nn2c(-c3ccc(Cl)cc3)nnc2s1. The van der Waals surface area contributed by atoms with Crippen LogP contribution >= 0.6 is 22.9 Å². The fourth-order valence-electron chi connectivity index (χ4n) is 1.58. The van der Waals surface area contributed by atoms with Gasteiger partial charge in [-0.05, 0) is 30.7 Å². The molecule has 0 aliphatic heterocycles. The predicted molar refractivity (Wildman–Crippen MR) is 68.5 cm³/mol. The minimum atomic E-state index is 0.710. The third-order valence-electron chi connectivity index (χ3n) is 2.44. The van der Waals surface area contributed by atoms with Crippen LogP contribution in [0.25, 0.3) is 16.3 Å². The summed E-state index contributed by atoms with van der Waals surface area (Å²) in [4.78, 5) is 0.826. The van der Waals surface area contributed by atoms with Crippen molar-refractivity contribution < 1.29 is 0 Å². The molecular weight excluding hydrogens is 256 g/mol. The third kappa shape index (κ3) is 1.81. The molecule has 0 bridgehead atoms. The number of nitrogens with zero attached hydrogens (tertiary/aromatic N) is 4. The lowest BCUT2D eigenvalue weighted by Crippen LogP contribution is -1.91. The van der Waals surface area contributed by atoms with Crippen LogP contribution in [0.3, 0.4) is 0 Å². The quantitative estimate of drug-likeness (QED) is 0.714. The van der Waals surface area contributed by atoms with Crippen molar-refractivity contribution in [1.82, 2.24) is 19.8 Å². The van der Waals surface area contributed by atoms with Crippen molar-refractivity contribution in [3.63, 3.8) is 0 Å². The minimum absolute atomic E-state index is 0.710. The maximum atomic E-state index is 5.86. The van der Waals surface area contributed by atoms with Crippen molar-refractivity contribution >= 4 is 27.9 Å². The molecule has 3 rings (SSSR count). The van der Waals surface area contributed by atoms with Crippen LogP contribution in [0.4, 0.5) is 0 Å². The first-order valence-corrected chi connectivity index (χ1v) is 6.44. The van der Waals surface area contributed by atoms with Gasteiger partial charge >= 0.3 is 0 Å². The highest BCUT2D eigenvalue weighted by Gasteiger charge is 2.12. The van der Waals surface area contributed by atoms with Gasteiger partial charge in [0.25, 0.3) is 0 Å². The van der Waals surface area contributed by atoms with E-state index in [1.54, 1.807) is 15.9 Å². The molecule has 0 unspecified atom stereocenters. The van der Waals surface area contributed by atoms with E-state index in [2.05, 4.69) is 22.2 Å². The van der Waals surface area contributed by atoms with Crippen molar-refractivity contribution in [1.29, 1.82) is 0 Å². The van der Waals surface area contributed by atoms with Gasteiger partial charge in [-0.2, -0.15) is 9.61 Å². The number of rotatable bonds is 2. The van der Waals surface area contributed by atoms with E-state index in [4.69, 9.17) is 11.6 Å². The molecule has 0 saturated carbocycles. The maximum absolute atomic E-state index is 5.86. The van der Waals surface area contributed by atoms with Crippen molar-refractivity contribution in [2.24, 2.45) is 0 Å². The Morgan fingerprint density at radius 2 is 2.00 bits per heavy atom. The van der Waals surface area contributed by atoms with Gasteiger partial charge in [0.1, 0.15) is 5.01 Å². The van der Waals surface area contributed by atoms with Crippen LogP contribution in [0.2, 0.25) is 5.02 Å². The van der Waals surface area contributed by atoms with Gasteiger partial charge < -0.3 is 0 Å². The average Bonchev–Trinajstić information content (AvgIpc) is 2.89. The number of aryl methyl sites for hydroxylation is 1. The average molecular weight is 265 g/mol. The highest BCUT2D eigenvalue weighted by molar-refractivity contribution is 7.16. The molecule has 0 aliphatic carbocycles. The summed E-state index contributed by atoms with van der Waals surface area (Å²) in [5.41, 5.74) is 0.967. The Labute approximate surface area is 107 Å². The summed E-state index contributed by atoms with van der Waals surface area (Å²) in [6.07, 6.45) is 0.911. The second kappa shape index (κ2) is 4.09. The summed E-state index contributed by atoms with van der Waals surface area (Å²) in [5, 5.41) is 14.5. The van der Waals surface area contributed by atoms with Gasteiger partial charge in [0.2, 0.25) is 4.96 Å². The molecule has 2 aromatic heterocycles. The van der Waals surface area contributed by atoms with Crippen LogP contribution in [0.1, 0.15) is 11.9 Å². The normalized spacial score (nSPS) is 11.2. The first kappa shape index (κ1) is 10.7. The summed E-state index contributed by atoms with van der Waals surface area (Å²) < 4.78 is 1.78. The Kier molecular flexibility index (Phi) is 2.57. The molecule has 17 heavy (non-hydrogen) atoms. The first-order valence-electron chi connectivity index (χ1n) is 5.25. The molecule has 0 aliphatic rings. The number of halogens is 1. The Morgan fingerprint density at radius 3 is 2.71 bits per heavy atom. The molecule has 0 radical (unpaired) electrons. The van der Waals surface area contributed by atoms with Gasteiger partial charge in [-0.1, -0.05) is 29.9 Å². The predicted octanol–water partition coefficient (Wildman–Crippen LogP) is 3.07. The third-order valence-corrected chi connectivity index (χ3v) is 3.73. The van der Waals surface area contributed by atoms with E-state index in [-0.39, 0.29) is 0 Å². The molecule has 86 valence electrons. The zero-order valence-corrected chi connectivity index (χ0v) is 10.7. The highest BCUT2D eigenvalue weighted by atomic mass is 35.5. The fourth-order valence-corrected chi connectivity index (χ4v) is 2.48. The van der Waals surface area contributed by atoms with E-state index in [1.807, 2.05) is 24.3 Å². The summed E-state index contributed by atoms with van der Waals surface area (Å²) in [7, 11) is 0. The fraction of sp³-hybridized carbons (Fsp3) is 0.182. The van der Waals surface area contributed by atoms with E-state index >= 15 is 0 Å². The summed E-state index contributed by atoms with van der Waals surface area (Å²) in [6, 6.07) is 7.52. The lowest BCUT2D eigenvalue weighted by atomic mass is 10.2. The monoisotopic (exact) mass is 264 g/mol. The molecule has 1 aromatic carbocycles. The molecule has 0 N–H and O–H groups in total. The van der Waals surface area contributed by atoms with E-state index in [1.165, 1.54) is 0 Å². The van der Waals surface area contributed by atoms with E-state index in [0.717, 1.165) is 27.8 Å². The van der Waals surface area contributed by atoms with Crippen LogP contribution in [0, 0.1) is 0 Å². The maximum Gasteiger partial charge on any atom is 0.234 e. The molecule has 0 fully saturated rings. The molecule has 6 heteroatoms. The van der Waals surface area contributed by atoms with Gasteiger partial charge in [0, 0.05) is 10.6 Å². The van der Waals surface area contributed by atoms with E-state index in [9.17, 15) is 0 Å². The van der Waals surface area contributed by atoms with Crippen LogP contribution in [-0.4, -0.2) is 19.8 Å². The van der Waals surface area contributed by atoms with Crippen LogP contribution < -0.4 is 0 Å².